The highest BCUT2D eigenvalue weighted by Gasteiger charge is 2.06. The van der Waals surface area contributed by atoms with Gasteiger partial charge in [-0.15, -0.1) is 0 Å². The Labute approximate surface area is 271 Å². The molecule has 0 saturated heterocycles. The summed E-state index contributed by atoms with van der Waals surface area (Å²) in [5.41, 5.74) is 0. The molecule has 254 valence electrons. The number of hydrogen-bond donors (Lipinski definition) is 1. The minimum absolute atomic E-state index is 0.327. The summed E-state index contributed by atoms with van der Waals surface area (Å²) in [7, 11) is 5.98. The molecule has 0 aromatic rings. The quantitative estimate of drug-likeness (QED) is 0.0632. The number of allylic oxidation sites excluding steroid dienone is 8. The Morgan fingerprint density at radius 3 is 1.14 bits per heavy atom. The second kappa shape index (κ2) is 40.8. The topological polar surface area (TPSA) is 32.7 Å². The number of hydrogen-bond acceptors (Lipinski definition) is 3. The van der Waals surface area contributed by atoms with Gasteiger partial charge in [0.15, 0.2) is 0 Å². The van der Waals surface area contributed by atoms with Gasteiger partial charge in [0.2, 0.25) is 0 Å². The first-order chi connectivity index (χ1) is 21.1. The van der Waals surface area contributed by atoms with Gasteiger partial charge in [-0.1, -0.05) is 101 Å². The van der Waals surface area contributed by atoms with Crippen LogP contribution in [0.15, 0.2) is 48.6 Å². The predicted molar refractivity (Wildman–Crippen MR) is 195 cm³/mol. The molecule has 0 rings (SSSR count). The number of ether oxygens (including phenoxy) is 1. The van der Waals surface area contributed by atoms with Crippen LogP contribution in [0.4, 0.5) is 0 Å². The maximum absolute atomic E-state index is 8.36. The number of nitrogens with zero attached hydrogens (tertiary/aromatic N) is 1. The van der Waals surface area contributed by atoms with Crippen LogP contribution >= 0.6 is 0 Å². The van der Waals surface area contributed by atoms with E-state index in [0.29, 0.717) is 12.7 Å². The van der Waals surface area contributed by atoms with E-state index in [0.717, 1.165) is 19.4 Å². The second-order valence-electron chi connectivity index (χ2n) is 12.4. The Morgan fingerprint density at radius 2 is 0.837 bits per heavy atom. The summed E-state index contributed by atoms with van der Waals surface area (Å²) in [6, 6.07) is 0. The highest BCUT2D eigenvalue weighted by molar-refractivity contribution is 4.85. The van der Waals surface area contributed by atoms with Crippen molar-refractivity contribution in [2.75, 3.05) is 34.4 Å². The summed E-state index contributed by atoms with van der Waals surface area (Å²) < 4.78 is 5.74. The van der Waals surface area contributed by atoms with Gasteiger partial charge < -0.3 is 14.7 Å². The fourth-order valence-electron chi connectivity index (χ4n) is 4.87. The van der Waals surface area contributed by atoms with Gasteiger partial charge in [-0.05, 0) is 136 Å². The lowest BCUT2D eigenvalue weighted by atomic mass is 10.0. The van der Waals surface area contributed by atoms with Gasteiger partial charge in [0.25, 0.3) is 0 Å². The van der Waals surface area contributed by atoms with E-state index in [-0.39, 0.29) is 0 Å². The standard InChI is InChI=1S/C34H62O.C6H15NO/c1-4-6-8-10-12-14-16-18-20-22-24-26-28-30-32-34(35-3)33-31-29-27-25-23-21-19-17-15-13-11-9-7-5-2;1-7(2)5-3-4-6-8/h8-11,20-23,34H,4-7,12-19,24-33H2,1-3H3;8H,3-6H2,1-2H3/b10-8-,11-9-,22-20-,23-21-;. The zero-order chi connectivity index (χ0) is 31.9. The third-order valence-corrected chi connectivity index (χ3v) is 7.70. The molecule has 0 aromatic heterocycles. The lowest BCUT2D eigenvalue weighted by Gasteiger charge is -2.14. The fourth-order valence-corrected chi connectivity index (χ4v) is 4.87. The van der Waals surface area contributed by atoms with Crippen molar-refractivity contribution in [3.05, 3.63) is 48.6 Å². The average Bonchev–Trinajstić information content (AvgIpc) is 3.00. The molecule has 1 N–H and O–H groups in total. The molecular formula is C40H77NO2. The van der Waals surface area contributed by atoms with Gasteiger partial charge in [-0.2, -0.15) is 0 Å². The maximum atomic E-state index is 8.36. The summed E-state index contributed by atoms with van der Waals surface area (Å²) in [6.45, 7) is 5.89. The molecule has 3 nitrogen and oxygen atoms in total. The van der Waals surface area contributed by atoms with E-state index in [2.05, 4.69) is 67.4 Å². The van der Waals surface area contributed by atoms with Crippen molar-refractivity contribution in [3.8, 4) is 0 Å². The average molecular weight is 604 g/mol. The highest BCUT2D eigenvalue weighted by atomic mass is 16.5. The molecule has 0 heterocycles. The third-order valence-electron chi connectivity index (χ3n) is 7.70. The predicted octanol–water partition coefficient (Wildman–Crippen LogP) is 12.2. The van der Waals surface area contributed by atoms with Crippen molar-refractivity contribution in [1.82, 2.24) is 4.90 Å². The molecule has 0 aliphatic heterocycles. The zero-order valence-electron chi connectivity index (χ0n) is 29.9. The molecule has 0 saturated carbocycles. The number of methoxy groups -OCH3 is 1. The molecular weight excluding hydrogens is 526 g/mol. The molecule has 0 fully saturated rings. The van der Waals surface area contributed by atoms with Crippen LogP contribution in [-0.4, -0.2) is 50.5 Å². The largest absolute Gasteiger partial charge is 0.396 e. The molecule has 0 aliphatic carbocycles. The van der Waals surface area contributed by atoms with Crippen LogP contribution in [0.25, 0.3) is 0 Å². The van der Waals surface area contributed by atoms with Gasteiger partial charge in [-0.3, -0.25) is 0 Å². The van der Waals surface area contributed by atoms with E-state index in [1.165, 1.54) is 141 Å². The molecule has 0 unspecified atom stereocenters. The number of unbranched alkanes of at least 4 members (excludes halogenated alkanes) is 15. The fraction of sp³-hybridized carbons (Fsp3) is 0.800. The Bertz CT molecular complexity index is 564. The highest BCUT2D eigenvalue weighted by Crippen LogP contribution is 2.15. The van der Waals surface area contributed by atoms with Crippen molar-refractivity contribution in [3.63, 3.8) is 0 Å². The summed E-state index contributed by atoms with van der Waals surface area (Å²) in [5.74, 6) is 0. The first-order valence-corrected chi connectivity index (χ1v) is 18.5. The molecule has 0 atom stereocenters. The van der Waals surface area contributed by atoms with Gasteiger partial charge in [0.05, 0.1) is 6.10 Å². The summed E-state index contributed by atoms with van der Waals surface area (Å²) in [6.07, 6.45) is 49.7. The SMILES string of the molecule is CCC/C=C\CCCC/C=C\CCCCCC(CCCCC/C=C\CCCC/C=C\CCC)OC.CN(C)CCCCO. The van der Waals surface area contributed by atoms with Crippen LogP contribution in [0.3, 0.4) is 0 Å². The normalized spacial score (nSPS) is 12.2. The molecule has 0 aliphatic rings. The third kappa shape index (κ3) is 43.0. The first kappa shape index (κ1) is 44.0. The van der Waals surface area contributed by atoms with E-state index in [9.17, 15) is 0 Å². The van der Waals surface area contributed by atoms with Crippen molar-refractivity contribution >= 4 is 0 Å². The van der Waals surface area contributed by atoms with Crippen molar-refractivity contribution < 1.29 is 9.84 Å². The molecule has 0 amide bonds. The second-order valence-corrected chi connectivity index (χ2v) is 12.4. The number of rotatable bonds is 31. The molecule has 0 aromatic carbocycles. The van der Waals surface area contributed by atoms with Crippen LogP contribution < -0.4 is 0 Å². The molecule has 0 spiro atoms. The monoisotopic (exact) mass is 604 g/mol. The lowest BCUT2D eigenvalue weighted by molar-refractivity contribution is 0.0833. The van der Waals surface area contributed by atoms with Crippen LogP contribution in [-0.2, 0) is 4.74 Å². The van der Waals surface area contributed by atoms with E-state index in [1.54, 1.807) is 0 Å². The summed E-state index contributed by atoms with van der Waals surface area (Å²) in [4.78, 5) is 2.12. The van der Waals surface area contributed by atoms with Crippen LogP contribution in [0.1, 0.15) is 168 Å². The minimum Gasteiger partial charge on any atom is -0.396 e. The molecule has 3 heteroatoms. The van der Waals surface area contributed by atoms with Gasteiger partial charge >= 0.3 is 0 Å². The van der Waals surface area contributed by atoms with Gasteiger partial charge in [-0.25, -0.2) is 0 Å². The molecule has 0 bridgehead atoms. The maximum Gasteiger partial charge on any atom is 0.0571 e. The van der Waals surface area contributed by atoms with Crippen molar-refractivity contribution in [2.24, 2.45) is 0 Å². The smallest absolute Gasteiger partial charge is 0.0571 e. The number of aliphatic hydroxyl groups excluding tert-OH is 1. The number of aliphatic hydroxyl groups is 1. The minimum atomic E-state index is 0.327. The summed E-state index contributed by atoms with van der Waals surface area (Å²) in [5, 5.41) is 8.36. The van der Waals surface area contributed by atoms with E-state index in [4.69, 9.17) is 9.84 Å². The van der Waals surface area contributed by atoms with Crippen LogP contribution in [0, 0.1) is 0 Å². The molecule has 43 heavy (non-hydrogen) atoms. The Kier molecular flexibility index (Phi) is 41.8. The van der Waals surface area contributed by atoms with E-state index < -0.39 is 0 Å². The Balaban J connectivity index is 0. The Morgan fingerprint density at radius 1 is 0.488 bits per heavy atom. The van der Waals surface area contributed by atoms with Crippen LogP contribution in [0.5, 0.6) is 0 Å². The molecule has 0 radical (unpaired) electrons. The van der Waals surface area contributed by atoms with Crippen molar-refractivity contribution in [2.45, 2.75) is 174 Å². The van der Waals surface area contributed by atoms with Crippen molar-refractivity contribution in [1.29, 1.82) is 0 Å². The van der Waals surface area contributed by atoms with Gasteiger partial charge in [0.1, 0.15) is 0 Å². The van der Waals surface area contributed by atoms with E-state index >= 15 is 0 Å². The zero-order valence-corrected chi connectivity index (χ0v) is 29.9. The van der Waals surface area contributed by atoms with Crippen LogP contribution in [0.2, 0.25) is 0 Å². The van der Waals surface area contributed by atoms with E-state index in [1.807, 2.05) is 21.2 Å². The summed E-state index contributed by atoms with van der Waals surface area (Å²) >= 11 is 0. The Hall–Kier alpha value is -1.16. The lowest BCUT2D eigenvalue weighted by Crippen LogP contribution is -2.12. The first-order valence-electron chi connectivity index (χ1n) is 18.5. The van der Waals surface area contributed by atoms with Gasteiger partial charge in [0, 0.05) is 13.7 Å².